The van der Waals surface area contributed by atoms with E-state index in [1.54, 1.807) is 6.07 Å². The third-order valence-electron chi connectivity index (χ3n) is 3.92. The average molecular weight is 420 g/mol. The molecule has 8 nitrogen and oxygen atoms in total. The zero-order chi connectivity index (χ0) is 18.6. The molecule has 0 fully saturated rings. The Morgan fingerprint density at radius 1 is 1.33 bits per heavy atom. The monoisotopic (exact) mass is 419 g/mol. The summed E-state index contributed by atoms with van der Waals surface area (Å²) in [7, 11) is 0. The first-order chi connectivity index (χ1) is 11.9. The lowest BCUT2D eigenvalue weighted by atomic mass is 10.0. The van der Waals surface area contributed by atoms with Crippen molar-refractivity contribution in [3.63, 3.8) is 0 Å². The van der Waals surface area contributed by atoms with Crippen LogP contribution in [-0.2, 0) is 6.54 Å². The number of amides is 1. The summed E-state index contributed by atoms with van der Waals surface area (Å²) in [6.45, 7) is 7.11. The number of H-pyrrole nitrogens is 1. The third kappa shape index (κ3) is 5.54. The normalized spacial score (nSPS) is 10.4. The maximum atomic E-state index is 12.6. The summed E-state index contributed by atoms with van der Waals surface area (Å²) in [6.07, 6.45) is 1.34. The zero-order valence-electron chi connectivity index (χ0n) is 15.7. The van der Waals surface area contributed by atoms with Crippen LogP contribution in [0.25, 0.3) is 11.0 Å². The summed E-state index contributed by atoms with van der Waals surface area (Å²) in [5.41, 5.74) is 5.48. The minimum atomic E-state index is -0.598. The van der Waals surface area contributed by atoms with E-state index in [0.717, 1.165) is 0 Å². The van der Waals surface area contributed by atoms with Gasteiger partial charge in [0.15, 0.2) is 5.65 Å². The molecule has 0 aliphatic carbocycles. The number of aromatic nitrogens is 3. The van der Waals surface area contributed by atoms with E-state index in [-0.39, 0.29) is 53.2 Å². The van der Waals surface area contributed by atoms with Crippen LogP contribution in [0, 0.1) is 0 Å². The first kappa shape index (κ1) is 25.1. The van der Waals surface area contributed by atoms with Crippen molar-refractivity contribution < 1.29 is 4.79 Å². The fraction of sp³-hybridized carbons (Fsp3) is 0.529. The molecule has 0 aliphatic rings. The number of carbonyl (C=O) groups excluding carboxylic acids is 1. The van der Waals surface area contributed by atoms with Crippen LogP contribution in [0.5, 0.6) is 0 Å². The average Bonchev–Trinajstić information content (AvgIpc) is 2.57. The van der Waals surface area contributed by atoms with Crippen LogP contribution in [0.2, 0.25) is 0 Å². The molecule has 2 aromatic rings. The summed E-state index contributed by atoms with van der Waals surface area (Å²) >= 11 is 0. The van der Waals surface area contributed by atoms with E-state index in [2.05, 4.69) is 15.3 Å². The van der Waals surface area contributed by atoms with Crippen molar-refractivity contribution in [1.82, 2.24) is 19.9 Å². The van der Waals surface area contributed by atoms with Gasteiger partial charge in [-0.1, -0.05) is 20.8 Å². The summed E-state index contributed by atoms with van der Waals surface area (Å²) < 4.78 is 1.42. The smallest absolute Gasteiger partial charge is 0.329 e. The van der Waals surface area contributed by atoms with Gasteiger partial charge >= 0.3 is 5.69 Å². The number of nitrogens with zero attached hydrogens (tertiary/aromatic N) is 2. The van der Waals surface area contributed by atoms with Gasteiger partial charge in [-0.15, -0.1) is 24.8 Å². The molecular formula is C17H27Cl2N5O3. The lowest BCUT2D eigenvalue weighted by Gasteiger charge is -2.14. The third-order valence-corrected chi connectivity index (χ3v) is 3.92. The Kier molecular flexibility index (Phi) is 10.3. The Morgan fingerprint density at radius 3 is 2.56 bits per heavy atom. The zero-order valence-corrected chi connectivity index (χ0v) is 17.3. The van der Waals surface area contributed by atoms with Crippen molar-refractivity contribution in [2.75, 3.05) is 13.1 Å². The predicted molar refractivity (Wildman–Crippen MR) is 112 cm³/mol. The van der Waals surface area contributed by atoms with Gasteiger partial charge in [-0.3, -0.25) is 19.1 Å². The van der Waals surface area contributed by atoms with E-state index in [9.17, 15) is 14.4 Å². The van der Waals surface area contributed by atoms with E-state index in [1.807, 2.05) is 20.8 Å². The number of hydrogen-bond donors (Lipinski definition) is 3. The second-order valence-corrected chi connectivity index (χ2v) is 6.26. The quantitative estimate of drug-likeness (QED) is 0.587. The van der Waals surface area contributed by atoms with Crippen LogP contribution in [0.3, 0.4) is 0 Å². The van der Waals surface area contributed by atoms with Crippen molar-refractivity contribution in [3.05, 3.63) is 38.2 Å². The van der Waals surface area contributed by atoms with Gasteiger partial charge < -0.3 is 11.1 Å². The Hall–Kier alpha value is -1.90. The second-order valence-electron chi connectivity index (χ2n) is 6.26. The van der Waals surface area contributed by atoms with Gasteiger partial charge in [-0.25, -0.2) is 9.78 Å². The molecule has 2 rings (SSSR count). The second kappa shape index (κ2) is 11.1. The van der Waals surface area contributed by atoms with E-state index >= 15 is 0 Å². The number of halogens is 2. The Labute approximate surface area is 169 Å². The van der Waals surface area contributed by atoms with Gasteiger partial charge in [0, 0.05) is 18.8 Å². The molecule has 10 heteroatoms. The van der Waals surface area contributed by atoms with Crippen molar-refractivity contribution in [2.24, 2.45) is 5.73 Å². The highest BCUT2D eigenvalue weighted by molar-refractivity contribution is 6.05. The lowest BCUT2D eigenvalue weighted by Crippen LogP contribution is -2.34. The highest BCUT2D eigenvalue weighted by Gasteiger charge is 2.20. The topological polar surface area (TPSA) is 123 Å². The minimum absolute atomic E-state index is 0. The van der Waals surface area contributed by atoms with Gasteiger partial charge in [0.05, 0.1) is 10.9 Å². The van der Waals surface area contributed by atoms with Gasteiger partial charge in [0.1, 0.15) is 0 Å². The number of aryl methyl sites for hydroxylation is 1. The summed E-state index contributed by atoms with van der Waals surface area (Å²) in [6, 6.07) is 1.63. The molecule has 0 unspecified atom stereocenters. The highest BCUT2D eigenvalue weighted by atomic mass is 35.5. The molecule has 4 N–H and O–H groups in total. The molecule has 0 aliphatic heterocycles. The van der Waals surface area contributed by atoms with Crippen molar-refractivity contribution in [2.45, 2.75) is 46.1 Å². The molecule has 0 saturated heterocycles. The number of rotatable bonds is 7. The summed E-state index contributed by atoms with van der Waals surface area (Å²) in [4.78, 5) is 43.9. The number of fused-ring (bicyclic) bond motifs is 1. The Morgan fingerprint density at radius 2 is 2.00 bits per heavy atom. The van der Waals surface area contributed by atoms with Gasteiger partial charge in [0.25, 0.3) is 11.5 Å². The van der Waals surface area contributed by atoms with Crippen LogP contribution in [-0.4, -0.2) is 33.5 Å². The maximum Gasteiger partial charge on any atom is 0.329 e. The van der Waals surface area contributed by atoms with E-state index < -0.39 is 11.2 Å². The number of nitrogens with two attached hydrogens (primary N) is 1. The standard InChI is InChI=1S/C17H25N5O3.2ClH/c1-4-8-22-14-13(16(24)21-17(22)25)11(9-12(20-14)10(2)3)15(23)19-7-5-6-18;;/h9-10H,4-8,18H2,1-3H3,(H,19,23)(H,21,24,25);2*1H. The number of hydrogen-bond acceptors (Lipinski definition) is 5. The van der Waals surface area contributed by atoms with E-state index in [4.69, 9.17) is 5.73 Å². The first-order valence-corrected chi connectivity index (χ1v) is 8.56. The fourth-order valence-electron chi connectivity index (χ4n) is 2.60. The molecule has 1 amide bonds. The fourth-order valence-corrected chi connectivity index (χ4v) is 2.60. The minimum Gasteiger partial charge on any atom is -0.352 e. The Balaban J connectivity index is 0.00000338. The first-order valence-electron chi connectivity index (χ1n) is 8.56. The largest absolute Gasteiger partial charge is 0.352 e. The Bertz CT molecular complexity index is 892. The molecule has 152 valence electrons. The van der Waals surface area contributed by atoms with Crippen molar-refractivity contribution in [3.8, 4) is 0 Å². The van der Waals surface area contributed by atoms with Crippen LogP contribution in [0.15, 0.2) is 15.7 Å². The number of nitrogens with one attached hydrogen (secondary N) is 2. The molecular weight excluding hydrogens is 393 g/mol. The van der Waals surface area contributed by atoms with Crippen molar-refractivity contribution >= 4 is 41.8 Å². The summed E-state index contributed by atoms with van der Waals surface area (Å²) in [5.74, 6) is -0.320. The van der Waals surface area contributed by atoms with Gasteiger partial charge in [-0.2, -0.15) is 0 Å². The van der Waals surface area contributed by atoms with Gasteiger partial charge in [0.2, 0.25) is 0 Å². The number of pyridine rings is 1. The SMILES string of the molecule is CCCn1c(=O)[nH]c(=O)c2c(C(=O)NCCCN)cc(C(C)C)nc21.Cl.Cl. The van der Waals surface area contributed by atoms with Crippen LogP contribution in [0.1, 0.15) is 55.6 Å². The molecule has 0 atom stereocenters. The van der Waals surface area contributed by atoms with Gasteiger partial charge in [-0.05, 0) is 31.4 Å². The molecule has 2 heterocycles. The summed E-state index contributed by atoms with van der Waals surface area (Å²) in [5, 5.41) is 2.91. The molecule has 0 aromatic carbocycles. The lowest BCUT2D eigenvalue weighted by molar-refractivity contribution is 0.0955. The molecule has 2 aromatic heterocycles. The maximum absolute atomic E-state index is 12.6. The van der Waals surface area contributed by atoms with Crippen molar-refractivity contribution in [1.29, 1.82) is 0 Å². The number of aromatic amines is 1. The van der Waals surface area contributed by atoms with E-state index in [1.165, 1.54) is 4.57 Å². The molecule has 0 saturated carbocycles. The van der Waals surface area contributed by atoms with E-state index in [0.29, 0.717) is 38.2 Å². The van der Waals surface area contributed by atoms with Crippen LogP contribution >= 0.6 is 24.8 Å². The molecule has 27 heavy (non-hydrogen) atoms. The molecule has 0 radical (unpaired) electrons. The van der Waals surface area contributed by atoms with Crippen LogP contribution in [0.4, 0.5) is 0 Å². The predicted octanol–water partition coefficient (Wildman–Crippen LogP) is 1.54. The highest BCUT2D eigenvalue weighted by Crippen LogP contribution is 2.19. The van der Waals surface area contributed by atoms with Crippen LogP contribution < -0.4 is 22.3 Å². The molecule has 0 spiro atoms. The number of carbonyl (C=O) groups is 1. The molecule has 0 bridgehead atoms.